The highest BCUT2D eigenvalue weighted by atomic mass is 35.5. The highest BCUT2D eigenvalue weighted by Crippen LogP contribution is 2.21. The molecule has 0 spiro atoms. The van der Waals surface area contributed by atoms with Crippen molar-refractivity contribution < 1.29 is 4.74 Å². The van der Waals surface area contributed by atoms with Crippen molar-refractivity contribution in [2.75, 3.05) is 12.4 Å². The van der Waals surface area contributed by atoms with Gasteiger partial charge in [-0.15, -0.1) is 0 Å². The van der Waals surface area contributed by atoms with Crippen molar-refractivity contribution in [2.45, 2.75) is 0 Å². The molecule has 0 saturated heterocycles. The van der Waals surface area contributed by atoms with Crippen LogP contribution in [0.25, 0.3) is 0 Å². The Balaban J connectivity index is 2.31. The molecule has 2 aromatic heterocycles. The number of anilines is 2. The molecule has 0 fully saturated rings. The number of methoxy groups -OCH3 is 1. The van der Waals surface area contributed by atoms with Gasteiger partial charge in [0.25, 0.3) is 0 Å². The quantitative estimate of drug-likeness (QED) is 0.515. The van der Waals surface area contributed by atoms with Crippen molar-refractivity contribution >= 4 is 46.9 Å². The van der Waals surface area contributed by atoms with E-state index in [1.807, 2.05) is 0 Å². The summed E-state index contributed by atoms with van der Waals surface area (Å²) in [5.41, 5.74) is 0.664. The molecule has 0 radical (unpaired) electrons. The Morgan fingerprint density at radius 3 is 2.72 bits per heavy atom. The summed E-state index contributed by atoms with van der Waals surface area (Å²) in [7, 11) is 1.55. The molecular weight excluding hydrogens is 295 g/mol. The van der Waals surface area contributed by atoms with Gasteiger partial charge in [-0.3, -0.25) is 0 Å². The molecule has 18 heavy (non-hydrogen) atoms. The molecule has 0 aliphatic heterocycles. The molecule has 0 saturated carbocycles. The lowest BCUT2D eigenvalue weighted by atomic mass is 10.4. The topological polar surface area (TPSA) is 62.8 Å². The van der Waals surface area contributed by atoms with E-state index in [-0.39, 0.29) is 10.4 Å². The molecule has 2 aromatic rings. The van der Waals surface area contributed by atoms with Crippen LogP contribution in [0.4, 0.5) is 11.5 Å². The van der Waals surface area contributed by atoms with Crippen molar-refractivity contribution in [3.63, 3.8) is 0 Å². The first-order chi connectivity index (χ1) is 8.58. The third kappa shape index (κ3) is 3.10. The number of nitrogens with one attached hydrogen (secondary N) is 2. The van der Waals surface area contributed by atoms with E-state index in [1.54, 1.807) is 25.3 Å². The molecule has 0 aliphatic carbocycles. The van der Waals surface area contributed by atoms with Gasteiger partial charge in [0.15, 0.2) is 5.88 Å². The fourth-order valence-electron chi connectivity index (χ4n) is 1.27. The summed E-state index contributed by atoms with van der Waals surface area (Å²) in [5, 5.41) is 3.31. The maximum absolute atomic E-state index is 5.77. The zero-order valence-corrected chi connectivity index (χ0v) is 11.5. The largest absolute Gasteiger partial charge is 0.482 e. The van der Waals surface area contributed by atoms with E-state index in [1.165, 1.54) is 0 Å². The number of pyridine rings is 1. The van der Waals surface area contributed by atoms with Crippen molar-refractivity contribution in [2.24, 2.45) is 0 Å². The van der Waals surface area contributed by atoms with Gasteiger partial charge < -0.3 is 15.0 Å². The van der Waals surface area contributed by atoms with Crippen molar-refractivity contribution in [3.8, 4) is 5.88 Å². The van der Waals surface area contributed by atoms with Gasteiger partial charge in [-0.1, -0.05) is 23.8 Å². The molecule has 2 heterocycles. The molecule has 94 valence electrons. The van der Waals surface area contributed by atoms with E-state index < -0.39 is 0 Å². The first-order valence-electron chi connectivity index (χ1n) is 4.83. The van der Waals surface area contributed by atoms with Crippen molar-refractivity contribution in [3.05, 3.63) is 33.3 Å². The van der Waals surface area contributed by atoms with Gasteiger partial charge in [-0.05, 0) is 17.7 Å². The first kappa shape index (κ1) is 13.1. The summed E-state index contributed by atoms with van der Waals surface area (Å²) < 4.78 is 5.51. The van der Waals surface area contributed by atoms with Crippen LogP contribution < -0.4 is 10.1 Å². The van der Waals surface area contributed by atoms with E-state index in [0.717, 1.165) is 0 Å². The van der Waals surface area contributed by atoms with Crippen LogP contribution in [0.3, 0.4) is 0 Å². The van der Waals surface area contributed by atoms with Crippen LogP contribution in [0.5, 0.6) is 5.88 Å². The SMILES string of the molecule is COc1ccc(Nc2cc(Cl)nc(Cl)n2)c(=S)[nH]1. The average Bonchev–Trinajstić information content (AvgIpc) is 2.30. The summed E-state index contributed by atoms with van der Waals surface area (Å²) in [6.07, 6.45) is 0. The number of ether oxygens (including phenoxy) is 1. The van der Waals surface area contributed by atoms with Gasteiger partial charge in [-0.2, -0.15) is 0 Å². The Morgan fingerprint density at radius 1 is 1.33 bits per heavy atom. The van der Waals surface area contributed by atoms with E-state index >= 15 is 0 Å². The van der Waals surface area contributed by atoms with E-state index in [9.17, 15) is 0 Å². The summed E-state index contributed by atoms with van der Waals surface area (Å²) in [6, 6.07) is 5.05. The average molecular weight is 303 g/mol. The Kier molecular flexibility index (Phi) is 4.00. The normalized spacial score (nSPS) is 10.2. The van der Waals surface area contributed by atoms with Crippen LogP contribution in [0.1, 0.15) is 0 Å². The summed E-state index contributed by atoms with van der Waals surface area (Å²) in [6.45, 7) is 0. The molecule has 5 nitrogen and oxygen atoms in total. The number of rotatable bonds is 3. The minimum atomic E-state index is 0.0633. The van der Waals surface area contributed by atoms with Crippen LogP contribution >= 0.6 is 35.4 Å². The molecule has 0 bridgehead atoms. The zero-order chi connectivity index (χ0) is 13.1. The summed E-state index contributed by atoms with van der Waals surface area (Å²) in [4.78, 5) is 10.6. The van der Waals surface area contributed by atoms with Gasteiger partial charge in [0.05, 0.1) is 12.8 Å². The number of aromatic amines is 1. The Bertz CT molecular complexity index is 611. The number of H-pyrrole nitrogens is 1. The predicted molar refractivity (Wildman–Crippen MR) is 73.5 cm³/mol. The monoisotopic (exact) mass is 302 g/mol. The number of hydrogen-bond acceptors (Lipinski definition) is 5. The molecule has 0 aliphatic rings. The first-order valence-corrected chi connectivity index (χ1v) is 5.99. The van der Waals surface area contributed by atoms with Crippen LogP contribution in [0, 0.1) is 4.64 Å². The van der Waals surface area contributed by atoms with E-state index in [0.29, 0.717) is 22.0 Å². The maximum Gasteiger partial charge on any atom is 0.225 e. The zero-order valence-electron chi connectivity index (χ0n) is 9.20. The highest BCUT2D eigenvalue weighted by molar-refractivity contribution is 7.71. The van der Waals surface area contributed by atoms with Crippen LogP contribution in [0.2, 0.25) is 10.4 Å². The lowest BCUT2D eigenvalue weighted by Crippen LogP contribution is -1.97. The minimum absolute atomic E-state index is 0.0633. The van der Waals surface area contributed by atoms with Crippen LogP contribution in [-0.2, 0) is 0 Å². The van der Waals surface area contributed by atoms with Crippen molar-refractivity contribution in [1.29, 1.82) is 0 Å². The molecule has 8 heteroatoms. The summed E-state index contributed by atoms with van der Waals surface area (Å²) in [5.74, 6) is 1.04. The fraction of sp³-hybridized carbons (Fsp3) is 0.100. The molecule has 0 amide bonds. The maximum atomic E-state index is 5.77. The third-order valence-electron chi connectivity index (χ3n) is 2.03. The number of aromatic nitrogens is 3. The van der Waals surface area contributed by atoms with Gasteiger partial charge in [0.2, 0.25) is 5.28 Å². The Hall–Kier alpha value is -1.37. The molecule has 2 N–H and O–H groups in total. The standard InChI is InChI=1S/C10H8Cl2N4OS/c1-17-8-3-2-5(9(18)16-8)13-7-4-6(11)14-10(12)15-7/h2-4H,1H3,(H,16,18)(H,13,14,15). The molecule has 2 rings (SSSR count). The smallest absolute Gasteiger partial charge is 0.225 e. The van der Waals surface area contributed by atoms with Crippen LogP contribution in [-0.4, -0.2) is 22.1 Å². The second kappa shape index (κ2) is 5.51. The molecule has 0 aromatic carbocycles. The van der Waals surface area contributed by atoms with Gasteiger partial charge >= 0.3 is 0 Å². The fourth-order valence-corrected chi connectivity index (χ4v) is 1.89. The molecule has 0 unspecified atom stereocenters. The predicted octanol–water partition coefficient (Wildman–Crippen LogP) is 3.59. The summed E-state index contributed by atoms with van der Waals surface area (Å²) >= 11 is 16.6. The lowest BCUT2D eigenvalue weighted by molar-refractivity contribution is 0.397. The lowest BCUT2D eigenvalue weighted by Gasteiger charge is -2.07. The number of hydrogen-bond donors (Lipinski definition) is 2. The number of halogens is 2. The van der Waals surface area contributed by atoms with Crippen LogP contribution in [0.15, 0.2) is 18.2 Å². The Labute approximate surface area is 118 Å². The second-order valence-corrected chi connectivity index (χ2v) is 4.37. The van der Waals surface area contributed by atoms with E-state index in [2.05, 4.69) is 20.3 Å². The van der Waals surface area contributed by atoms with E-state index in [4.69, 9.17) is 40.2 Å². The third-order valence-corrected chi connectivity index (χ3v) is 2.72. The number of nitrogens with zero attached hydrogens (tertiary/aromatic N) is 2. The molecular formula is C10H8Cl2N4OS. The molecule has 0 atom stereocenters. The van der Waals surface area contributed by atoms with Gasteiger partial charge in [-0.25, -0.2) is 9.97 Å². The van der Waals surface area contributed by atoms with Gasteiger partial charge in [0.1, 0.15) is 15.6 Å². The van der Waals surface area contributed by atoms with Crippen molar-refractivity contribution in [1.82, 2.24) is 15.0 Å². The second-order valence-electron chi connectivity index (χ2n) is 3.24. The Morgan fingerprint density at radius 2 is 2.11 bits per heavy atom. The highest BCUT2D eigenvalue weighted by Gasteiger charge is 2.03. The van der Waals surface area contributed by atoms with Gasteiger partial charge in [0, 0.05) is 12.1 Å². The minimum Gasteiger partial charge on any atom is -0.482 e.